The summed E-state index contributed by atoms with van der Waals surface area (Å²) in [6.45, 7) is 1.54. The fourth-order valence-corrected chi connectivity index (χ4v) is 2.28. The maximum absolute atomic E-state index is 13.5. The number of aryl methyl sites for hydroxylation is 1. The summed E-state index contributed by atoms with van der Waals surface area (Å²) in [7, 11) is 0. The number of nitrogens with two attached hydrogens (primary N) is 1. The average Bonchev–Trinajstić information content (AvgIpc) is 2.45. The monoisotopic (exact) mass is 307 g/mol. The third-order valence-electron chi connectivity index (χ3n) is 3.47. The molecule has 0 spiro atoms. The van der Waals surface area contributed by atoms with E-state index < -0.39 is 29.6 Å². The van der Waals surface area contributed by atoms with E-state index in [9.17, 15) is 23.6 Å². The van der Waals surface area contributed by atoms with E-state index in [2.05, 4.69) is 5.32 Å². The Morgan fingerprint density at radius 1 is 1.45 bits per heavy atom. The van der Waals surface area contributed by atoms with E-state index in [1.165, 1.54) is 13.0 Å². The molecule has 7 nitrogen and oxygen atoms in total. The molecule has 0 radical (unpaired) electrons. The van der Waals surface area contributed by atoms with Gasteiger partial charge in [-0.2, -0.15) is 0 Å². The number of rotatable bonds is 3. The van der Waals surface area contributed by atoms with Crippen LogP contribution in [0.5, 0.6) is 0 Å². The summed E-state index contributed by atoms with van der Waals surface area (Å²) in [5.41, 5.74) is 5.60. The molecule has 1 aliphatic rings. The predicted octanol–water partition coefficient (Wildman–Crippen LogP) is 0.120. The molecular weight excluding hydrogens is 293 g/mol. The van der Waals surface area contributed by atoms with E-state index in [0.29, 0.717) is 10.5 Å². The normalized spacial score (nSPS) is 17.8. The van der Waals surface area contributed by atoms with E-state index in [4.69, 9.17) is 5.73 Å². The third-order valence-corrected chi connectivity index (χ3v) is 3.47. The Labute approximate surface area is 125 Å². The maximum atomic E-state index is 13.5. The van der Waals surface area contributed by atoms with Crippen LogP contribution in [0.25, 0.3) is 0 Å². The van der Waals surface area contributed by atoms with Crippen molar-refractivity contribution >= 4 is 29.8 Å². The fourth-order valence-electron chi connectivity index (χ4n) is 2.28. The zero-order valence-corrected chi connectivity index (χ0v) is 11.8. The van der Waals surface area contributed by atoms with Gasteiger partial charge in [-0.3, -0.25) is 29.4 Å². The van der Waals surface area contributed by atoms with Gasteiger partial charge in [0.2, 0.25) is 18.2 Å². The molecule has 1 heterocycles. The molecule has 4 amide bonds. The number of nitrogens with zero attached hydrogens (tertiary/aromatic N) is 1. The molecule has 1 saturated heterocycles. The molecule has 3 N–H and O–H groups in total. The van der Waals surface area contributed by atoms with Gasteiger partial charge in [0.25, 0.3) is 5.91 Å². The van der Waals surface area contributed by atoms with Crippen molar-refractivity contribution in [2.75, 3.05) is 5.73 Å². The summed E-state index contributed by atoms with van der Waals surface area (Å²) in [5, 5.41) is 2.06. The van der Waals surface area contributed by atoms with Gasteiger partial charge in [0, 0.05) is 12.0 Å². The highest BCUT2D eigenvalue weighted by Gasteiger charge is 2.35. The van der Waals surface area contributed by atoms with Crippen LogP contribution < -0.4 is 11.1 Å². The van der Waals surface area contributed by atoms with Gasteiger partial charge < -0.3 is 5.73 Å². The van der Waals surface area contributed by atoms with Gasteiger partial charge in [0.05, 0.1) is 5.69 Å². The van der Waals surface area contributed by atoms with Crippen LogP contribution in [0.1, 0.15) is 28.8 Å². The zero-order chi connectivity index (χ0) is 16.4. The topological polar surface area (TPSA) is 110 Å². The lowest BCUT2D eigenvalue weighted by Gasteiger charge is -2.28. The van der Waals surface area contributed by atoms with Crippen LogP contribution in [-0.4, -0.2) is 35.1 Å². The summed E-state index contributed by atoms with van der Waals surface area (Å²) in [5.74, 6) is -2.80. The number of imide groups is 2. The number of piperidine rings is 1. The van der Waals surface area contributed by atoms with Gasteiger partial charge in [0.1, 0.15) is 11.9 Å². The standard InChI is InChI=1S/C14H14FN3O4/c1-7-4-10(16)9(15)5-8(7)14(22)18(6-19)11-2-3-12(20)17-13(11)21/h4-6,11H,2-3,16H2,1H3,(H,17,20,21). The van der Waals surface area contributed by atoms with E-state index >= 15 is 0 Å². The minimum Gasteiger partial charge on any atom is -0.396 e. The lowest BCUT2D eigenvalue weighted by Crippen LogP contribution is -2.53. The Morgan fingerprint density at radius 3 is 2.73 bits per heavy atom. The van der Waals surface area contributed by atoms with Crippen molar-refractivity contribution in [2.45, 2.75) is 25.8 Å². The summed E-state index contributed by atoms with van der Waals surface area (Å²) in [4.78, 5) is 47.2. The third kappa shape index (κ3) is 2.80. The van der Waals surface area contributed by atoms with Crippen molar-refractivity contribution in [1.82, 2.24) is 10.2 Å². The molecule has 1 fully saturated rings. The quantitative estimate of drug-likeness (QED) is 0.468. The number of nitrogens with one attached hydrogen (secondary N) is 1. The zero-order valence-electron chi connectivity index (χ0n) is 11.8. The molecule has 0 aliphatic carbocycles. The largest absolute Gasteiger partial charge is 0.396 e. The first-order chi connectivity index (χ1) is 10.3. The number of halogens is 1. The summed E-state index contributed by atoms with van der Waals surface area (Å²) >= 11 is 0. The Balaban J connectivity index is 2.33. The first kappa shape index (κ1) is 15.6. The van der Waals surface area contributed by atoms with E-state index in [0.717, 1.165) is 6.07 Å². The van der Waals surface area contributed by atoms with Crippen molar-refractivity contribution in [3.63, 3.8) is 0 Å². The number of hydrogen-bond acceptors (Lipinski definition) is 5. The molecule has 8 heteroatoms. The molecule has 1 aromatic rings. The van der Waals surface area contributed by atoms with Crippen molar-refractivity contribution in [3.8, 4) is 0 Å². The minimum atomic E-state index is -1.09. The number of amides is 4. The van der Waals surface area contributed by atoms with Crippen LogP contribution in [0.2, 0.25) is 0 Å². The van der Waals surface area contributed by atoms with Gasteiger partial charge in [-0.25, -0.2) is 4.39 Å². The summed E-state index contributed by atoms with van der Waals surface area (Å²) < 4.78 is 13.5. The van der Waals surface area contributed by atoms with Crippen molar-refractivity contribution in [1.29, 1.82) is 0 Å². The number of hydrogen-bond donors (Lipinski definition) is 2. The van der Waals surface area contributed by atoms with Crippen molar-refractivity contribution in [3.05, 3.63) is 29.1 Å². The second kappa shape index (κ2) is 5.92. The maximum Gasteiger partial charge on any atom is 0.261 e. The molecule has 0 saturated carbocycles. The molecule has 1 aliphatic heterocycles. The van der Waals surface area contributed by atoms with Crippen molar-refractivity contribution < 1.29 is 23.6 Å². The number of anilines is 1. The first-order valence-corrected chi connectivity index (χ1v) is 6.52. The molecule has 0 bridgehead atoms. The Hall–Kier alpha value is -2.77. The lowest BCUT2D eigenvalue weighted by atomic mass is 10.0. The number of carbonyl (C=O) groups excluding carboxylic acids is 4. The molecule has 1 aromatic carbocycles. The van der Waals surface area contributed by atoms with Gasteiger partial charge in [0.15, 0.2) is 0 Å². The minimum absolute atomic E-state index is 0.0170. The molecule has 22 heavy (non-hydrogen) atoms. The van der Waals surface area contributed by atoms with Crippen LogP contribution in [0.4, 0.5) is 10.1 Å². The molecule has 1 atom stereocenters. The van der Waals surface area contributed by atoms with Crippen LogP contribution in [0.15, 0.2) is 12.1 Å². The average molecular weight is 307 g/mol. The van der Waals surface area contributed by atoms with Gasteiger partial charge in [-0.1, -0.05) is 0 Å². The van der Waals surface area contributed by atoms with E-state index in [1.54, 1.807) is 0 Å². The second-order valence-corrected chi connectivity index (χ2v) is 4.97. The molecular formula is C14H14FN3O4. The van der Waals surface area contributed by atoms with Crippen LogP contribution >= 0.6 is 0 Å². The summed E-state index contributed by atoms with van der Waals surface area (Å²) in [6.07, 6.45) is 0.255. The molecule has 2 rings (SSSR count). The molecule has 0 aromatic heterocycles. The highest BCUT2D eigenvalue weighted by Crippen LogP contribution is 2.21. The van der Waals surface area contributed by atoms with Crippen LogP contribution in [-0.2, 0) is 14.4 Å². The summed E-state index contributed by atoms with van der Waals surface area (Å²) in [6, 6.07) is 1.11. The molecule has 1 unspecified atom stereocenters. The van der Waals surface area contributed by atoms with Crippen molar-refractivity contribution in [2.24, 2.45) is 0 Å². The lowest BCUT2D eigenvalue weighted by molar-refractivity contribution is -0.139. The van der Waals surface area contributed by atoms with Gasteiger partial charge in [-0.05, 0) is 31.0 Å². The number of nitrogen functional groups attached to an aromatic ring is 1. The van der Waals surface area contributed by atoms with Crippen LogP contribution in [0, 0.1) is 12.7 Å². The molecule has 116 valence electrons. The first-order valence-electron chi connectivity index (χ1n) is 6.52. The highest BCUT2D eigenvalue weighted by atomic mass is 19.1. The smallest absolute Gasteiger partial charge is 0.261 e. The van der Waals surface area contributed by atoms with Gasteiger partial charge in [-0.15, -0.1) is 0 Å². The Kier molecular flexibility index (Phi) is 4.20. The SMILES string of the molecule is Cc1cc(N)c(F)cc1C(=O)N(C=O)C1CCC(=O)NC1=O. The predicted molar refractivity (Wildman–Crippen MR) is 74.0 cm³/mol. The van der Waals surface area contributed by atoms with E-state index in [1.807, 2.05) is 0 Å². The second-order valence-electron chi connectivity index (χ2n) is 4.97. The highest BCUT2D eigenvalue weighted by molar-refractivity contribution is 6.07. The van der Waals surface area contributed by atoms with Crippen LogP contribution in [0.3, 0.4) is 0 Å². The Bertz CT molecular complexity index is 674. The fraction of sp³-hybridized carbons (Fsp3) is 0.286. The van der Waals surface area contributed by atoms with Gasteiger partial charge >= 0.3 is 0 Å². The number of carbonyl (C=O) groups is 4. The van der Waals surface area contributed by atoms with E-state index in [-0.39, 0.29) is 30.5 Å². The number of benzene rings is 1. The Morgan fingerprint density at radius 2 is 2.14 bits per heavy atom.